The minimum absolute atomic E-state index is 0.162. The molecule has 1 aromatic carbocycles. The number of nitrogens with zero attached hydrogens (tertiary/aromatic N) is 3. The molecule has 0 saturated heterocycles. The number of nitrogens with one attached hydrogen (secondary N) is 2. The lowest BCUT2D eigenvalue weighted by Gasteiger charge is -2.06. The number of hydrogen-bond donors (Lipinski definition) is 2. The summed E-state index contributed by atoms with van der Waals surface area (Å²) in [5, 5.41) is 11.1. The molecular formula is C15H15N5O3S. The van der Waals surface area contributed by atoms with E-state index in [1.807, 2.05) is 6.92 Å². The van der Waals surface area contributed by atoms with Crippen molar-refractivity contribution < 1.29 is 9.53 Å². The van der Waals surface area contributed by atoms with Crippen molar-refractivity contribution in [2.24, 2.45) is 0 Å². The van der Waals surface area contributed by atoms with Crippen LogP contribution >= 0.6 is 11.8 Å². The molecule has 0 fully saturated rings. The first-order valence-electron chi connectivity index (χ1n) is 7.25. The van der Waals surface area contributed by atoms with Crippen LogP contribution in [0.25, 0.3) is 5.78 Å². The van der Waals surface area contributed by atoms with Crippen LogP contribution in [-0.2, 0) is 4.79 Å². The van der Waals surface area contributed by atoms with Crippen molar-refractivity contribution in [2.75, 3.05) is 17.7 Å². The highest BCUT2D eigenvalue weighted by Gasteiger charge is 2.10. The highest BCUT2D eigenvalue weighted by Crippen LogP contribution is 2.18. The Morgan fingerprint density at radius 1 is 1.29 bits per heavy atom. The number of ether oxygens (including phenoxy) is 1. The lowest BCUT2D eigenvalue weighted by molar-refractivity contribution is -0.113. The number of aromatic amines is 1. The summed E-state index contributed by atoms with van der Waals surface area (Å²) in [6, 6.07) is 8.54. The predicted molar refractivity (Wildman–Crippen MR) is 90.6 cm³/mol. The smallest absolute Gasteiger partial charge is 0.252 e. The molecule has 24 heavy (non-hydrogen) atoms. The van der Waals surface area contributed by atoms with Gasteiger partial charge >= 0.3 is 0 Å². The molecule has 1 amide bonds. The Morgan fingerprint density at radius 2 is 2.08 bits per heavy atom. The van der Waals surface area contributed by atoms with Crippen LogP contribution in [0.2, 0.25) is 0 Å². The predicted octanol–water partition coefficient (Wildman–Crippen LogP) is 1.55. The van der Waals surface area contributed by atoms with Crippen LogP contribution in [0.5, 0.6) is 5.75 Å². The van der Waals surface area contributed by atoms with Gasteiger partial charge in [0.1, 0.15) is 5.75 Å². The molecule has 124 valence electrons. The van der Waals surface area contributed by atoms with Crippen molar-refractivity contribution in [3.8, 4) is 5.75 Å². The van der Waals surface area contributed by atoms with Gasteiger partial charge < -0.3 is 10.1 Å². The SMILES string of the molecule is CCOc1ccc(NC(=O)CSc2nnc3[nH]c(=O)ccn23)cc1. The molecule has 0 aliphatic heterocycles. The number of amides is 1. The standard InChI is InChI=1S/C15H15N5O3S/c1-2-23-11-5-3-10(4-6-11)16-13(22)9-24-15-19-18-14-17-12(21)7-8-20(14)15/h3-8H,2,9H2,1H3,(H,16,22)(H,17,18,21). The van der Waals surface area contributed by atoms with Gasteiger partial charge in [0.05, 0.1) is 12.4 Å². The number of aromatic nitrogens is 4. The highest BCUT2D eigenvalue weighted by atomic mass is 32.2. The van der Waals surface area contributed by atoms with Crippen molar-refractivity contribution >= 4 is 29.1 Å². The van der Waals surface area contributed by atoms with E-state index in [0.717, 1.165) is 5.75 Å². The molecule has 3 rings (SSSR count). The van der Waals surface area contributed by atoms with E-state index in [-0.39, 0.29) is 17.2 Å². The maximum Gasteiger partial charge on any atom is 0.252 e. The molecule has 0 aliphatic rings. The van der Waals surface area contributed by atoms with Crippen LogP contribution in [0.15, 0.2) is 46.5 Å². The maximum absolute atomic E-state index is 12.0. The summed E-state index contributed by atoms with van der Waals surface area (Å²) in [7, 11) is 0. The second kappa shape index (κ2) is 7.18. The van der Waals surface area contributed by atoms with Gasteiger partial charge in [-0.05, 0) is 31.2 Å². The van der Waals surface area contributed by atoms with Gasteiger partial charge in [-0.2, -0.15) is 0 Å². The fourth-order valence-electron chi connectivity index (χ4n) is 2.02. The second-order valence-electron chi connectivity index (χ2n) is 4.78. The maximum atomic E-state index is 12.0. The Labute approximate surface area is 141 Å². The Kier molecular flexibility index (Phi) is 4.80. The van der Waals surface area contributed by atoms with E-state index in [9.17, 15) is 9.59 Å². The van der Waals surface area contributed by atoms with E-state index in [2.05, 4.69) is 20.5 Å². The third kappa shape index (κ3) is 3.74. The summed E-state index contributed by atoms with van der Waals surface area (Å²) in [6.45, 7) is 2.51. The zero-order valence-corrected chi connectivity index (χ0v) is 13.7. The van der Waals surface area contributed by atoms with Gasteiger partial charge in [-0.1, -0.05) is 11.8 Å². The van der Waals surface area contributed by atoms with Gasteiger partial charge in [-0.25, -0.2) is 0 Å². The molecule has 2 aromatic heterocycles. The van der Waals surface area contributed by atoms with Crippen molar-refractivity contribution in [2.45, 2.75) is 12.1 Å². The van der Waals surface area contributed by atoms with E-state index in [1.165, 1.54) is 17.8 Å². The van der Waals surface area contributed by atoms with Gasteiger partial charge in [0, 0.05) is 18.0 Å². The summed E-state index contributed by atoms with van der Waals surface area (Å²) in [6.07, 6.45) is 1.57. The summed E-state index contributed by atoms with van der Waals surface area (Å²) in [5.41, 5.74) is 0.444. The van der Waals surface area contributed by atoms with E-state index in [0.29, 0.717) is 23.2 Å². The fourth-order valence-corrected chi connectivity index (χ4v) is 2.73. The molecule has 0 aliphatic carbocycles. The van der Waals surface area contributed by atoms with E-state index < -0.39 is 0 Å². The van der Waals surface area contributed by atoms with E-state index in [4.69, 9.17) is 4.74 Å². The topological polar surface area (TPSA) is 101 Å². The third-order valence-corrected chi connectivity index (χ3v) is 4.00. The van der Waals surface area contributed by atoms with Gasteiger partial charge in [0.2, 0.25) is 11.7 Å². The molecular weight excluding hydrogens is 330 g/mol. The molecule has 9 heteroatoms. The van der Waals surface area contributed by atoms with Gasteiger partial charge in [0.15, 0.2) is 5.16 Å². The molecule has 0 unspecified atom stereocenters. The Morgan fingerprint density at radius 3 is 2.83 bits per heavy atom. The quantitative estimate of drug-likeness (QED) is 0.657. The van der Waals surface area contributed by atoms with Gasteiger partial charge in [-0.15, -0.1) is 10.2 Å². The minimum atomic E-state index is -0.250. The average molecular weight is 345 g/mol. The van der Waals surface area contributed by atoms with E-state index >= 15 is 0 Å². The number of H-pyrrole nitrogens is 1. The molecule has 3 aromatic rings. The van der Waals surface area contributed by atoms with Crippen molar-refractivity contribution in [3.63, 3.8) is 0 Å². The lowest BCUT2D eigenvalue weighted by Crippen LogP contribution is -2.14. The number of carbonyl (C=O) groups excluding carboxylic acids is 1. The average Bonchev–Trinajstić information content (AvgIpc) is 2.97. The number of fused-ring (bicyclic) bond motifs is 1. The van der Waals surface area contributed by atoms with E-state index in [1.54, 1.807) is 34.9 Å². The largest absolute Gasteiger partial charge is 0.494 e. The second-order valence-corrected chi connectivity index (χ2v) is 5.72. The molecule has 0 radical (unpaired) electrons. The van der Waals surface area contributed by atoms with Gasteiger partial charge in [0.25, 0.3) is 5.56 Å². The summed E-state index contributed by atoms with van der Waals surface area (Å²) in [4.78, 5) is 25.8. The van der Waals surface area contributed by atoms with Crippen LogP contribution < -0.4 is 15.6 Å². The van der Waals surface area contributed by atoms with Crippen LogP contribution in [0.3, 0.4) is 0 Å². The molecule has 0 saturated carbocycles. The Balaban J connectivity index is 1.59. The molecule has 2 heterocycles. The molecule has 0 atom stereocenters. The Hall–Kier alpha value is -2.81. The van der Waals surface area contributed by atoms with Crippen molar-refractivity contribution in [3.05, 3.63) is 46.9 Å². The summed E-state index contributed by atoms with van der Waals surface area (Å²) < 4.78 is 6.97. The van der Waals surface area contributed by atoms with Crippen LogP contribution in [0.4, 0.5) is 5.69 Å². The lowest BCUT2D eigenvalue weighted by atomic mass is 10.3. The first-order chi connectivity index (χ1) is 11.7. The van der Waals surface area contributed by atoms with Crippen molar-refractivity contribution in [1.29, 1.82) is 0 Å². The third-order valence-electron chi connectivity index (χ3n) is 3.06. The molecule has 2 N–H and O–H groups in total. The number of thioether (sulfide) groups is 1. The molecule has 0 bridgehead atoms. The summed E-state index contributed by atoms with van der Waals surface area (Å²) >= 11 is 1.23. The van der Waals surface area contributed by atoms with Crippen LogP contribution in [0.1, 0.15) is 6.92 Å². The number of benzene rings is 1. The van der Waals surface area contributed by atoms with Crippen LogP contribution in [-0.4, -0.2) is 37.8 Å². The first kappa shape index (κ1) is 16.1. The number of carbonyl (C=O) groups is 1. The van der Waals surface area contributed by atoms with Gasteiger partial charge in [-0.3, -0.25) is 19.0 Å². The minimum Gasteiger partial charge on any atom is -0.494 e. The van der Waals surface area contributed by atoms with Crippen LogP contribution in [0, 0.1) is 0 Å². The first-order valence-corrected chi connectivity index (χ1v) is 8.24. The molecule has 8 nitrogen and oxygen atoms in total. The number of hydrogen-bond acceptors (Lipinski definition) is 6. The highest BCUT2D eigenvalue weighted by molar-refractivity contribution is 7.99. The number of rotatable bonds is 6. The molecule has 0 spiro atoms. The zero-order valence-electron chi connectivity index (χ0n) is 12.9. The Bertz CT molecular complexity index is 903. The summed E-state index contributed by atoms with van der Waals surface area (Å²) in [5.74, 6) is 1.11. The fraction of sp³-hybridized carbons (Fsp3) is 0.200. The van der Waals surface area contributed by atoms with Crippen molar-refractivity contribution in [1.82, 2.24) is 19.6 Å². The zero-order chi connectivity index (χ0) is 16.9. The number of anilines is 1. The monoisotopic (exact) mass is 345 g/mol. The normalized spacial score (nSPS) is 10.7.